The van der Waals surface area contributed by atoms with Crippen molar-refractivity contribution >= 4 is 0 Å². The number of hydrogen-bond donors (Lipinski definition) is 1. The molecule has 23 heavy (non-hydrogen) atoms. The average molecular weight is 320 g/mol. The van der Waals surface area contributed by atoms with E-state index in [1.807, 2.05) is 0 Å². The van der Waals surface area contributed by atoms with Crippen LogP contribution in [0.1, 0.15) is 61.0 Å². The smallest absolute Gasteiger partial charge is 0.119 e. The Morgan fingerprint density at radius 2 is 1.52 bits per heavy atom. The van der Waals surface area contributed by atoms with Crippen molar-refractivity contribution in [3.63, 3.8) is 0 Å². The van der Waals surface area contributed by atoms with Crippen molar-refractivity contribution in [1.29, 1.82) is 0 Å². The minimum Gasteiger partial charge on any atom is -0.493 e. The number of hydrogen-bond acceptors (Lipinski definition) is 2. The van der Waals surface area contributed by atoms with Crippen molar-refractivity contribution in [1.82, 2.24) is 5.32 Å². The van der Waals surface area contributed by atoms with Gasteiger partial charge in [0, 0.05) is 13.1 Å². The molecular weight excluding hydrogens is 282 g/mol. The van der Waals surface area contributed by atoms with Crippen LogP contribution in [-0.4, -0.2) is 13.2 Å². The molecule has 0 aliphatic rings. The second-order valence-corrected chi connectivity index (χ2v) is 8.71. The van der Waals surface area contributed by atoms with Gasteiger partial charge in [0.05, 0.1) is 6.61 Å². The van der Waals surface area contributed by atoms with Gasteiger partial charge in [-0.1, -0.05) is 67.5 Å². The zero-order chi connectivity index (χ0) is 17.7. The second kappa shape index (κ2) is 8.19. The molecule has 1 aromatic rings. The third-order valence-corrected chi connectivity index (χ3v) is 5.59. The third-order valence-electron chi connectivity index (χ3n) is 5.59. The van der Waals surface area contributed by atoms with Gasteiger partial charge in [0.25, 0.3) is 0 Å². The van der Waals surface area contributed by atoms with E-state index in [4.69, 9.17) is 4.74 Å². The van der Waals surface area contributed by atoms with Gasteiger partial charge in [-0.2, -0.15) is 0 Å². The van der Waals surface area contributed by atoms with Crippen LogP contribution in [0, 0.1) is 22.7 Å². The quantitative estimate of drug-likeness (QED) is 0.647. The summed E-state index contributed by atoms with van der Waals surface area (Å²) in [5, 5.41) is 3.63. The molecule has 1 aromatic carbocycles. The molecule has 0 aromatic heterocycles. The van der Waals surface area contributed by atoms with Crippen molar-refractivity contribution in [2.24, 2.45) is 22.7 Å². The maximum atomic E-state index is 5.73. The summed E-state index contributed by atoms with van der Waals surface area (Å²) in [7, 11) is 0. The summed E-state index contributed by atoms with van der Waals surface area (Å²) < 4.78 is 5.73. The largest absolute Gasteiger partial charge is 0.493 e. The highest BCUT2D eigenvalue weighted by atomic mass is 16.5. The fourth-order valence-corrected chi connectivity index (χ4v) is 2.50. The van der Waals surface area contributed by atoms with Crippen LogP contribution in [0.15, 0.2) is 24.3 Å². The molecule has 0 fully saturated rings. The first-order valence-electron chi connectivity index (χ1n) is 8.98. The first-order chi connectivity index (χ1) is 10.6. The molecule has 1 rings (SSSR count). The van der Waals surface area contributed by atoms with Crippen LogP contribution in [0.2, 0.25) is 0 Å². The molecule has 0 saturated carbocycles. The molecule has 0 atom stereocenters. The van der Waals surface area contributed by atoms with Crippen LogP contribution < -0.4 is 10.1 Å². The molecule has 0 bridgehead atoms. The maximum Gasteiger partial charge on any atom is 0.119 e. The minimum absolute atomic E-state index is 0.251. The lowest BCUT2D eigenvalue weighted by atomic mass is 9.62. The number of benzene rings is 1. The van der Waals surface area contributed by atoms with E-state index in [0.29, 0.717) is 17.3 Å². The van der Waals surface area contributed by atoms with Crippen molar-refractivity contribution in [2.45, 2.75) is 61.9 Å². The average Bonchev–Trinajstić information content (AvgIpc) is 2.45. The summed E-state index contributed by atoms with van der Waals surface area (Å²) >= 11 is 0. The second-order valence-electron chi connectivity index (χ2n) is 8.71. The number of rotatable bonds is 9. The minimum atomic E-state index is 0.251. The van der Waals surface area contributed by atoms with Crippen molar-refractivity contribution in [3.8, 4) is 5.75 Å². The summed E-state index contributed by atoms with van der Waals surface area (Å²) in [5.41, 5.74) is 1.86. The van der Waals surface area contributed by atoms with Gasteiger partial charge >= 0.3 is 0 Å². The van der Waals surface area contributed by atoms with Crippen LogP contribution in [0.25, 0.3) is 0 Å². The Balaban J connectivity index is 2.49. The molecule has 2 nitrogen and oxygen atoms in total. The van der Waals surface area contributed by atoms with E-state index in [1.54, 1.807) is 0 Å². The van der Waals surface area contributed by atoms with Crippen LogP contribution in [0.5, 0.6) is 5.75 Å². The number of nitrogens with one attached hydrogen (secondary N) is 1. The Morgan fingerprint density at radius 3 is 2.00 bits per heavy atom. The van der Waals surface area contributed by atoms with Gasteiger partial charge in [-0.3, -0.25) is 0 Å². The van der Waals surface area contributed by atoms with Gasteiger partial charge in [-0.15, -0.1) is 0 Å². The molecule has 0 aliphatic carbocycles. The lowest BCUT2D eigenvalue weighted by molar-refractivity contribution is 0.0553. The van der Waals surface area contributed by atoms with Gasteiger partial charge in [-0.25, -0.2) is 0 Å². The maximum absolute atomic E-state index is 5.73. The Hall–Kier alpha value is -1.02. The molecule has 0 amide bonds. The van der Waals surface area contributed by atoms with Crippen LogP contribution >= 0.6 is 0 Å². The molecule has 0 unspecified atom stereocenters. The highest BCUT2D eigenvalue weighted by Crippen LogP contribution is 2.43. The summed E-state index contributed by atoms with van der Waals surface area (Å²) in [6.45, 7) is 21.1. The lowest BCUT2D eigenvalue weighted by Gasteiger charge is -2.45. The van der Waals surface area contributed by atoms with Crippen LogP contribution in [0.3, 0.4) is 0 Å². The summed E-state index contributed by atoms with van der Waals surface area (Å²) in [6.07, 6.45) is 0. The van der Waals surface area contributed by atoms with Crippen LogP contribution in [-0.2, 0) is 6.54 Å². The van der Waals surface area contributed by atoms with E-state index < -0.39 is 0 Å². The molecule has 2 heteroatoms. The zero-order valence-corrected chi connectivity index (χ0v) is 16.5. The van der Waals surface area contributed by atoms with Gasteiger partial charge in [0.15, 0.2) is 0 Å². The van der Waals surface area contributed by atoms with E-state index in [2.05, 4.69) is 85.0 Å². The third kappa shape index (κ3) is 5.84. The fourth-order valence-electron chi connectivity index (χ4n) is 2.50. The highest BCUT2D eigenvalue weighted by molar-refractivity contribution is 5.27. The first kappa shape index (κ1) is 20.0. The molecule has 0 saturated heterocycles. The Labute approximate surface area is 144 Å². The lowest BCUT2D eigenvalue weighted by Crippen LogP contribution is -2.43. The van der Waals surface area contributed by atoms with Crippen molar-refractivity contribution < 1.29 is 4.74 Å². The molecular formula is C21H37NO. The van der Waals surface area contributed by atoms with E-state index in [9.17, 15) is 0 Å². The van der Waals surface area contributed by atoms with Gasteiger partial charge < -0.3 is 10.1 Å². The van der Waals surface area contributed by atoms with E-state index in [-0.39, 0.29) is 5.41 Å². The van der Waals surface area contributed by atoms with Gasteiger partial charge in [0.1, 0.15) is 5.75 Å². The predicted octanol–water partition coefficient (Wildman–Crippen LogP) is 5.52. The monoisotopic (exact) mass is 319 g/mol. The van der Waals surface area contributed by atoms with E-state index in [0.717, 1.165) is 25.4 Å². The molecule has 0 spiro atoms. The molecule has 0 radical (unpaired) electrons. The van der Waals surface area contributed by atoms with Crippen molar-refractivity contribution in [3.05, 3.63) is 29.8 Å². The highest BCUT2D eigenvalue weighted by Gasteiger charge is 2.38. The molecule has 132 valence electrons. The summed E-state index contributed by atoms with van der Waals surface area (Å²) in [6, 6.07) is 8.46. The standard InChI is InChI=1S/C21H37NO/c1-16(2)14-23-19-11-9-18(10-12-19)13-22-15-20(5,6)21(7,8)17(3)4/h9-12,16-17,22H,13-15H2,1-8H3. The topological polar surface area (TPSA) is 21.3 Å². The predicted molar refractivity (Wildman–Crippen MR) is 101 cm³/mol. The summed E-state index contributed by atoms with van der Waals surface area (Å²) in [4.78, 5) is 0. The Bertz CT molecular complexity index is 457. The first-order valence-corrected chi connectivity index (χ1v) is 8.98. The SMILES string of the molecule is CC(C)COc1ccc(CNCC(C)(C)C(C)(C)C(C)C)cc1. The summed E-state index contributed by atoms with van der Waals surface area (Å²) in [5.74, 6) is 2.18. The van der Waals surface area contributed by atoms with Gasteiger partial charge in [0.2, 0.25) is 0 Å². The Kier molecular flexibility index (Phi) is 7.13. The normalized spacial score (nSPS) is 13.0. The van der Waals surface area contributed by atoms with E-state index in [1.165, 1.54) is 5.56 Å². The zero-order valence-electron chi connectivity index (χ0n) is 16.5. The van der Waals surface area contributed by atoms with Gasteiger partial charge in [-0.05, 0) is 40.4 Å². The van der Waals surface area contributed by atoms with E-state index >= 15 is 0 Å². The molecule has 0 heterocycles. The fraction of sp³-hybridized carbons (Fsp3) is 0.714. The Morgan fingerprint density at radius 1 is 0.957 bits per heavy atom. The van der Waals surface area contributed by atoms with Crippen molar-refractivity contribution in [2.75, 3.05) is 13.2 Å². The number of ether oxygens (including phenoxy) is 1. The molecule has 0 aliphatic heterocycles. The van der Waals surface area contributed by atoms with Crippen LogP contribution in [0.4, 0.5) is 0 Å². The molecule has 1 N–H and O–H groups in total.